The number of nitrogens with zero attached hydrogens (tertiary/aromatic N) is 1. The molecule has 2 aliphatic heterocycles. The molecule has 2 aromatic rings. The third-order valence-corrected chi connectivity index (χ3v) is 6.03. The lowest BCUT2D eigenvalue weighted by molar-refractivity contribution is -0.123. The monoisotopic (exact) mass is 405 g/mol. The maximum atomic E-state index is 12.7. The normalized spacial score (nSPS) is 22.0. The molecule has 0 saturated carbocycles. The van der Waals surface area contributed by atoms with Crippen molar-refractivity contribution in [1.82, 2.24) is 4.90 Å². The average Bonchev–Trinajstić information content (AvgIpc) is 3.35. The Labute approximate surface area is 166 Å². The van der Waals surface area contributed by atoms with E-state index in [9.17, 15) is 4.79 Å². The van der Waals surface area contributed by atoms with Crippen LogP contribution < -0.4 is 0 Å². The number of halogens is 1. The van der Waals surface area contributed by atoms with Crippen LogP contribution in [0.15, 0.2) is 45.7 Å². The Bertz CT molecular complexity index is 886. The predicted molar refractivity (Wildman–Crippen MR) is 108 cm³/mol. The SMILES string of the molecule is O=C1/C(=C\c2ccc(-c3ccccc3Cl)o2)SC(=S)N1C[C@@H]1CCCO1. The van der Waals surface area contributed by atoms with Gasteiger partial charge in [0.1, 0.15) is 15.8 Å². The molecular formula is C19H16ClNO3S2. The lowest BCUT2D eigenvalue weighted by Crippen LogP contribution is -2.35. The highest BCUT2D eigenvalue weighted by molar-refractivity contribution is 8.26. The number of benzene rings is 1. The molecular weight excluding hydrogens is 390 g/mol. The van der Waals surface area contributed by atoms with Crippen LogP contribution in [0.4, 0.5) is 0 Å². The van der Waals surface area contributed by atoms with Gasteiger partial charge in [0.05, 0.1) is 22.6 Å². The van der Waals surface area contributed by atoms with E-state index < -0.39 is 0 Å². The first-order valence-electron chi connectivity index (χ1n) is 8.33. The van der Waals surface area contributed by atoms with Crippen LogP contribution >= 0.6 is 35.6 Å². The van der Waals surface area contributed by atoms with Crippen LogP contribution in [0.5, 0.6) is 0 Å². The first-order valence-corrected chi connectivity index (χ1v) is 9.94. The second kappa shape index (κ2) is 7.56. The van der Waals surface area contributed by atoms with Crippen molar-refractivity contribution in [1.29, 1.82) is 0 Å². The fourth-order valence-electron chi connectivity index (χ4n) is 3.01. The number of hydrogen-bond acceptors (Lipinski definition) is 5. The third kappa shape index (κ3) is 3.60. The van der Waals surface area contributed by atoms with E-state index in [2.05, 4.69) is 0 Å². The summed E-state index contributed by atoms with van der Waals surface area (Å²) in [4.78, 5) is 14.9. The molecule has 0 unspecified atom stereocenters. The summed E-state index contributed by atoms with van der Waals surface area (Å²) in [7, 11) is 0. The van der Waals surface area contributed by atoms with Gasteiger partial charge in [-0.25, -0.2) is 0 Å². The van der Waals surface area contributed by atoms with Crippen molar-refractivity contribution in [2.45, 2.75) is 18.9 Å². The predicted octanol–water partition coefficient (Wildman–Crippen LogP) is 4.98. The minimum atomic E-state index is -0.0915. The zero-order valence-electron chi connectivity index (χ0n) is 13.8. The standard InChI is InChI=1S/C19H16ClNO3S2/c20-15-6-2-1-5-14(15)16-8-7-12(24-16)10-17-18(22)21(19(25)26-17)11-13-4-3-9-23-13/h1-2,5-8,10,13H,3-4,9,11H2/b17-10+/t13-/m0/s1. The average molecular weight is 406 g/mol. The number of hydrogen-bond donors (Lipinski definition) is 0. The van der Waals surface area contributed by atoms with Crippen molar-refractivity contribution < 1.29 is 13.9 Å². The quantitative estimate of drug-likeness (QED) is 0.530. The fourth-order valence-corrected chi connectivity index (χ4v) is 4.50. The molecule has 1 aromatic heterocycles. The Kier molecular flexibility index (Phi) is 5.18. The number of carbonyl (C=O) groups excluding carboxylic acids is 1. The number of amides is 1. The van der Waals surface area contributed by atoms with Crippen LogP contribution in [-0.2, 0) is 9.53 Å². The van der Waals surface area contributed by atoms with Crippen LogP contribution in [0.3, 0.4) is 0 Å². The molecule has 134 valence electrons. The van der Waals surface area contributed by atoms with Crippen molar-refractivity contribution >= 4 is 51.9 Å². The molecule has 0 spiro atoms. The number of furan rings is 1. The van der Waals surface area contributed by atoms with Crippen LogP contribution in [-0.4, -0.2) is 34.4 Å². The van der Waals surface area contributed by atoms with E-state index in [0.717, 1.165) is 25.0 Å². The smallest absolute Gasteiger partial charge is 0.266 e. The summed E-state index contributed by atoms with van der Waals surface area (Å²) in [5.74, 6) is 1.17. The number of rotatable bonds is 4. The first kappa shape index (κ1) is 17.8. The minimum Gasteiger partial charge on any atom is -0.457 e. The van der Waals surface area contributed by atoms with Gasteiger partial charge in [0, 0.05) is 18.2 Å². The largest absolute Gasteiger partial charge is 0.457 e. The molecule has 0 radical (unpaired) electrons. The van der Waals surface area contributed by atoms with Gasteiger partial charge in [0.25, 0.3) is 5.91 Å². The lowest BCUT2D eigenvalue weighted by atomic mass is 10.2. The fraction of sp³-hybridized carbons (Fsp3) is 0.263. The molecule has 2 fully saturated rings. The van der Waals surface area contributed by atoms with Gasteiger partial charge in [0.2, 0.25) is 0 Å². The molecule has 1 aromatic carbocycles. The molecule has 1 amide bonds. The van der Waals surface area contributed by atoms with E-state index in [4.69, 9.17) is 33.0 Å². The van der Waals surface area contributed by atoms with Crippen molar-refractivity contribution in [3.05, 3.63) is 52.1 Å². The number of thioether (sulfide) groups is 1. The van der Waals surface area contributed by atoms with Crippen LogP contribution in [0.2, 0.25) is 5.02 Å². The van der Waals surface area contributed by atoms with Gasteiger partial charge in [0.15, 0.2) is 0 Å². The van der Waals surface area contributed by atoms with Crippen LogP contribution in [0.1, 0.15) is 18.6 Å². The molecule has 0 bridgehead atoms. The Hall–Kier alpha value is -1.60. The zero-order valence-corrected chi connectivity index (χ0v) is 16.2. The van der Waals surface area contributed by atoms with E-state index >= 15 is 0 Å². The first-order chi connectivity index (χ1) is 12.6. The Morgan fingerprint density at radius 2 is 2.15 bits per heavy atom. The molecule has 7 heteroatoms. The van der Waals surface area contributed by atoms with Crippen molar-refractivity contribution in [3.63, 3.8) is 0 Å². The lowest BCUT2D eigenvalue weighted by Gasteiger charge is -2.18. The maximum Gasteiger partial charge on any atom is 0.266 e. The Morgan fingerprint density at radius 1 is 1.31 bits per heavy atom. The van der Waals surface area contributed by atoms with Crippen LogP contribution in [0.25, 0.3) is 17.4 Å². The molecule has 2 aliphatic rings. The maximum absolute atomic E-state index is 12.7. The van der Waals surface area contributed by atoms with Gasteiger partial charge < -0.3 is 9.15 Å². The van der Waals surface area contributed by atoms with E-state index in [0.29, 0.717) is 32.3 Å². The molecule has 0 N–H and O–H groups in total. The number of thiocarbonyl (C=S) groups is 1. The van der Waals surface area contributed by atoms with Crippen molar-refractivity contribution in [2.75, 3.05) is 13.2 Å². The highest BCUT2D eigenvalue weighted by atomic mass is 35.5. The number of ether oxygens (including phenoxy) is 1. The topological polar surface area (TPSA) is 42.7 Å². The molecule has 4 rings (SSSR count). The molecule has 1 atom stereocenters. The molecule has 2 saturated heterocycles. The van der Waals surface area contributed by atoms with Gasteiger partial charge in [-0.1, -0.05) is 47.7 Å². The summed E-state index contributed by atoms with van der Waals surface area (Å²) in [6.07, 6.45) is 3.81. The van der Waals surface area contributed by atoms with E-state index in [1.165, 1.54) is 11.8 Å². The van der Waals surface area contributed by atoms with Gasteiger partial charge in [-0.05, 0) is 37.1 Å². The van der Waals surface area contributed by atoms with E-state index in [1.54, 1.807) is 11.0 Å². The molecule has 4 nitrogen and oxygen atoms in total. The van der Waals surface area contributed by atoms with Gasteiger partial charge in [-0.15, -0.1) is 0 Å². The zero-order chi connectivity index (χ0) is 18.1. The molecule has 3 heterocycles. The van der Waals surface area contributed by atoms with Gasteiger partial charge >= 0.3 is 0 Å². The highest BCUT2D eigenvalue weighted by Crippen LogP contribution is 2.35. The van der Waals surface area contributed by atoms with Crippen molar-refractivity contribution in [2.24, 2.45) is 0 Å². The molecule has 26 heavy (non-hydrogen) atoms. The van der Waals surface area contributed by atoms with Crippen LogP contribution in [0, 0.1) is 0 Å². The summed E-state index contributed by atoms with van der Waals surface area (Å²) >= 11 is 12.9. The Balaban J connectivity index is 1.53. The second-order valence-electron chi connectivity index (χ2n) is 6.11. The van der Waals surface area contributed by atoms with Crippen molar-refractivity contribution in [3.8, 4) is 11.3 Å². The second-order valence-corrected chi connectivity index (χ2v) is 8.19. The summed E-state index contributed by atoms with van der Waals surface area (Å²) in [6.45, 7) is 1.28. The van der Waals surface area contributed by atoms with Gasteiger partial charge in [-0.3, -0.25) is 9.69 Å². The highest BCUT2D eigenvalue weighted by Gasteiger charge is 2.34. The summed E-state index contributed by atoms with van der Waals surface area (Å²) in [5, 5.41) is 0.622. The Morgan fingerprint density at radius 3 is 2.92 bits per heavy atom. The van der Waals surface area contributed by atoms with E-state index in [1.807, 2.05) is 36.4 Å². The summed E-state index contributed by atoms with van der Waals surface area (Å²) < 4.78 is 12.0. The third-order valence-electron chi connectivity index (χ3n) is 4.32. The summed E-state index contributed by atoms with van der Waals surface area (Å²) in [5.41, 5.74) is 0.819. The minimum absolute atomic E-state index is 0.0762. The summed E-state index contributed by atoms with van der Waals surface area (Å²) in [6, 6.07) is 11.2. The van der Waals surface area contributed by atoms with E-state index in [-0.39, 0.29) is 12.0 Å². The molecule has 0 aliphatic carbocycles. The van der Waals surface area contributed by atoms with Gasteiger partial charge in [-0.2, -0.15) is 0 Å². The number of carbonyl (C=O) groups is 1.